The molecule has 7 heteroatoms. The quantitative estimate of drug-likeness (QED) is 0.373. The van der Waals surface area contributed by atoms with Crippen molar-refractivity contribution in [3.8, 4) is 11.5 Å². The number of carbonyl (C=O) groups is 1. The van der Waals surface area contributed by atoms with Crippen molar-refractivity contribution in [3.63, 3.8) is 0 Å². The second-order valence-corrected chi connectivity index (χ2v) is 10.3. The van der Waals surface area contributed by atoms with Crippen LogP contribution in [0.1, 0.15) is 49.4 Å². The van der Waals surface area contributed by atoms with Crippen LogP contribution in [0.2, 0.25) is 0 Å². The van der Waals surface area contributed by atoms with Gasteiger partial charge in [-0.3, -0.25) is 4.79 Å². The molecule has 0 aliphatic carbocycles. The molecular formula is C29H32N2O5. The van der Waals surface area contributed by atoms with Crippen LogP contribution in [0.4, 0.5) is 0 Å². The number of aromatic amines is 1. The smallest absolute Gasteiger partial charge is 0.340 e. The van der Waals surface area contributed by atoms with Crippen molar-refractivity contribution in [2.45, 2.75) is 65.0 Å². The summed E-state index contributed by atoms with van der Waals surface area (Å²) in [6.45, 7) is 7.89. The van der Waals surface area contributed by atoms with E-state index < -0.39 is 5.63 Å². The molecule has 2 aromatic heterocycles. The monoisotopic (exact) mass is 488 g/mol. The lowest BCUT2D eigenvalue weighted by Crippen LogP contribution is -2.36. The number of hydrogen-bond donors (Lipinski definition) is 2. The van der Waals surface area contributed by atoms with E-state index in [4.69, 9.17) is 13.9 Å². The first kappa shape index (κ1) is 24.0. The van der Waals surface area contributed by atoms with E-state index in [-0.39, 0.29) is 24.0 Å². The molecule has 1 atom stereocenters. The van der Waals surface area contributed by atoms with E-state index in [0.717, 1.165) is 34.9 Å². The van der Waals surface area contributed by atoms with Crippen LogP contribution in [0.15, 0.2) is 45.7 Å². The number of fused-ring (bicyclic) bond motifs is 4. The van der Waals surface area contributed by atoms with Crippen molar-refractivity contribution < 1.29 is 18.7 Å². The number of aromatic nitrogens is 1. The molecule has 1 amide bonds. The number of hydrogen-bond acceptors (Lipinski definition) is 5. The molecule has 3 heterocycles. The van der Waals surface area contributed by atoms with Crippen molar-refractivity contribution in [1.29, 1.82) is 0 Å². The first-order chi connectivity index (χ1) is 17.2. The van der Waals surface area contributed by atoms with Crippen LogP contribution in [0.25, 0.3) is 21.9 Å². The summed E-state index contributed by atoms with van der Waals surface area (Å²) in [7, 11) is 1.58. The zero-order valence-corrected chi connectivity index (χ0v) is 21.4. The second kappa shape index (κ2) is 9.04. The van der Waals surface area contributed by atoms with E-state index in [1.54, 1.807) is 7.11 Å². The summed E-state index contributed by atoms with van der Waals surface area (Å²) >= 11 is 0. The van der Waals surface area contributed by atoms with Gasteiger partial charge in [-0.2, -0.15) is 0 Å². The van der Waals surface area contributed by atoms with E-state index >= 15 is 0 Å². The van der Waals surface area contributed by atoms with Gasteiger partial charge in [0.15, 0.2) is 0 Å². The Bertz CT molecular complexity index is 1530. The van der Waals surface area contributed by atoms with Gasteiger partial charge in [-0.1, -0.05) is 18.2 Å². The molecule has 0 bridgehead atoms. The molecule has 2 N–H and O–H groups in total. The molecule has 1 aliphatic rings. The summed E-state index contributed by atoms with van der Waals surface area (Å²) in [5.41, 5.74) is 3.80. The Labute approximate surface area is 209 Å². The molecule has 0 saturated carbocycles. The Morgan fingerprint density at radius 3 is 2.83 bits per heavy atom. The molecule has 5 rings (SSSR count). The Balaban J connectivity index is 1.41. The molecule has 0 radical (unpaired) electrons. The predicted molar refractivity (Wildman–Crippen MR) is 140 cm³/mol. The maximum absolute atomic E-state index is 13.1. The largest absolute Gasteiger partial charge is 0.496 e. The minimum absolute atomic E-state index is 0.0634. The summed E-state index contributed by atoms with van der Waals surface area (Å²) in [4.78, 5) is 29.3. The summed E-state index contributed by atoms with van der Waals surface area (Å²) in [5.74, 6) is 1.02. The fraction of sp³-hybridized carbons (Fsp3) is 0.379. The fourth-order valence-corrected chi connectivity index (χ4v) is 5.22. The first-order valence-electron chi connectivity index (χ1n) is 12.4. The minimum atomic E-state index is -0.500. The van der Waals surface area contributed by atoms with Gasteiger partial charge in [-0.15, -0.1) is 0 Å². The second-order valence-electron chi connectivity index (χ2n) is 10.3. The Morgan fingerprint density at radius 1 is 1.28 bits per heavy atom. The number of aryl methyl sites for hydroxylation is 2. The Kier molecular flexibility index (Phi) is 6.02. The molecule has 1 aliphatic heterocycles. The maximum atomic E-state index is 13.1. The third-order valence-corrected chi connectivity index (χ3v) is 7.10. The van der Waals surface area contributed by atoms with Crippen molar-refractivity contribution in [1.82, 2.24) is 10.3 Å². The lowest BCUT2D eigenvalue weighted by Gasteiger charge is -2.33. The van der Waals surface area contributed by atoms with Crippen LogP contribution in [-0.4, -0.2) is 29.6 Å². The van der Waals surface area contributed by atoms with Crippen LogP contribution in [0.3, 0.4) is 0 Å². The Hall–Kier alpha value is -3.74. The lowest BCUT2D eigenvalue weighted by molar-refractivity contribution is -0.121. The van der Waals surface area contributed by atoms with Gasteiger partial charge >= 0.3 is 5.63 Å². The highest BCUT2D eigenvalue weighted by molar-refractivity contribution is 5.93. The summed E-state index contributed by atoms with van der Waals surface area (Å²) in [6, 6.07) is 9.84. The number of amides is 1. The van der Waals surface area contributed by atoms with Crippen molar-refractivity contribution >= 4 is 27.8 Å². The van der Waals surface area contributed by atoms with Gasteiger partial charge in [0.2, 0.25) is 5.91 Å². The van der Waals surface area contributed by atoms with E-state index in [2.05, 4.69) is 16.4 Å². The minimum Gasteiger partial charge on any atom is -0.496 e. The molecule has 2 aromatic carbocycles. The molecule has 7 nitrogen and oxygen atoms in total. The molecule has 4 aromatic rings. The number of carbonyl (C=O) groups excluding carboxylic acids is 1. The molecule has 0 spiro atoms. The fourth-order valence-electron chi connectivity index (χ4n) is 5.22. The van der Waals surface area contributed by atoms with Gasteiger partial charge in [0.05, 0.1) is 24.5 Å². The number of ether oxygens (including phenoxy) is 2. The van der Waals surface area contributed by atoms with Gasteiger partial charge in [0.25, 0.3) is 0 Å². The molecule has 0 saturated heterocycles. The topological polar surface area (TPSA) is 93.6 Å². The number of nitrogens with one attached hydrogen (secondary N) is 2. The molecule has 188 valence electrons. The van der Waals surface area contributed by atoms with E-state index in [1.807, 2.05) is 58.2 Å². The lowest BCUT2D eigenvalue weighted by atomic mass is 9.91. The van der Waals surface area contributed by atoms with Crippen molar-refractivity contribution in [3.05, 3.63) is 69.2 Å². The highest BCUT2D eigenvalue weighted by Crippen LogP contribution is 2.43. The van der Waals surface area contributed by atoms with E-state index in [0.29, 0.717) is 40.0 Å². The zero-order chi connectivity index (χ0) is 25.6. The highest BCUT2D eigenvalue weighted by Gasteiger charge is 2.31. The van der Waals surface area contributed by atoms with Gasteiger partial charge in [0, 0.05) is 34.8 Å². The van der Waals surface area contributed by atoms with Gasteiger partial charge < -0.3 is 24.2 Å². The summed E-state index contributed by atoms with van der Waals surface area (Å²) < 4.78 is 17.6. The highest BCUT2D eigenvalue weighted by atomic mass is 16.5. The van der Waals surface area contributed by atoms with Gasteiger partial charge in [-0.25, -0.2) is 4.79 Å². The SMILES string of the molecule is COc1cc2c(c3oc(=O)c(CC(=O)N[C@H](C)Cc4c[nH]c5ccccc45)c(C)c13)CCC(C)(C)O2. The predicted octanol–water partition coefficient (Wildman–Crippen LogP) is 4.98. The van der Waals surface area contributed by atoms with Crippen LogP contribution < -0.4 is 20.4 Å². The molecule has 36 heavy (non-hydrogen) atoms. The van der Waals surface area contributed by atoms with Crippen LogP contribution in [0.5, 0.6) is 11.5 Å². The third-order valence-electron chi connectivity index (χ3n) is 7.10. The van der Waals surface area contributed by atoms with E-state index in [1.165, 1.54) is 0 Å². The number of rotatable bonds is 6. The van der Waals surface area contributed by atoms with Gasteiger partial charge in [0.1, 0.15) is 22.7 Å². The standard InChI is InChI=1S/C29H32N2O5/c1-16(12-18-15-30-22-9-7-6-8-19(18)22)31-25(32)13-21-17(2)26-24(34-5)14-23-20(27(26)35-28(21)33)10-11-29(3,4)36-23/h6-9,14-16,30H,10-13H2,1-5H3,(H,31,32)/t16-/m1/s1. The van der Waals surface area contributed by atoms with Crippen molar-refractivity contribution in [2.24, 2.45) is 0 Å². The maximum Gasteiger partial charge on any atom is 0.340 e. The molecule has 0 fully saturated rings. The van der Waals surface area contributed by atoms with E-state index in [9.17, 15) is 9.59 Å². The van der Waals surface area contributed by atoms with Crippen LogP contribution in [0, 0.1) is 6.92 Å². The van der Waals surface area contributed by atoms with Crippen LogP contribution in [-0.2, 0) is 24.1 Å². The normalized spacial score (nSPS) is 15.4. The zero-order valence-electron chi connectivity index (χ0n) is 21.4. The number of methoxy groups -OCH3 is 1. The summed E-state index contributed by atoms with van der Waals surface area (Å²) in [6.07, 6.45) is 4.13. The molecule has 0 unspecified atom stereocenters. The average molecular weight is 489 g/mol. The summed E-state index contributed by atoms with van der Waals surface area (Å²) in [5, 5.41) is 4.90. The number of H-pyrrole nitrogens is 1. The number of benzene rings is 2. The third kappa shape index (κ3) is 4.34. The first-order valence-corrected chi connectivity index (χ1v) is 12.4. The Morgan fingerprint density at radius 2 is 2.06 bits per heavy atom. The van der Waals surface area contributed by atoms with Crippen molar-refractivity contribution in [2.75, 3.05) is 7.11 Å². The molecular weight excluding hydrogens is 456 g/mol. The van der Waals surface area contributed by atoms with Gasteiger partial charge in [-0.05, 0) is 64.2 Å². The average Bonchev–Trinajstić information content (AvgIpc) is 3.22. The van der Waals surface area contributed by atoms with Crippen LogP contribution >= 0.6 is 0 Å². The number of para-hydroxylation sites is 1.